The van der Waals surface area contributed by atoms with Crippen LogP contribution in [0.2, 0.25) is 0 Å². The lowest BCUT2D eigenvalue weighted by molar-refractivity contribution is 0.223. The van der Waals surface area contributed by atoms with Gasteiger partial charge in [0.15, 0.2) is 5.96 Å². The largest absolute Gasteiger partial charge is 0.489 e. The minimum absolute atomic E-state index is 0.0879. The first-order valence-corrected chi connectivity index (χ1v) is 9.06. The molecule has 5 nitrogen and oxygen atoms in total. The van der Waals surface area contributed by atoms with Gasteiger partial charge in [-0.3, -0.25) is 4.99 Å². The normalized spacial score (nSPS) is 12.7. The second kappa shape index (κ2) is 10.5. The summed E-state index contributed by atoms with van der Waals surface area (Å²) in [6.07, 6.45) is -0.0879. The summed E-state index contributed by atoms with van der Waals surface area (Å²) in [4.78, 5) is 6.42. The highest BCUT2D eigenvalue weighted by Crippen LogP contribution is 2.13. The van der Waals surface area contributed by atoms with E-state index in [4.69, 9.17) is 4.74 Å². The number of halogens is 1. The first-order chi connectivity index (χ1) is 13.0. The molecule has 0 saturated heterocycles. The van der Waals surface area contributed by atoms with Crippen LogP contribution in [0.25, 0.3) is 0 Å². The number of guanidine groups is 1. The van der Waals surface area contributed by atoms with Gasteiger partial charge < -0.3 is 20.3 Å². The number of nitrogens with one attached hydrogen (secondary N) is 2. The maximum atomic E-state index is 13.0. The van der Waals surface area contributed by atoms with Gasteiger partial charge in [-0.25, -0.2) is 4.39 Å². The van der Waals surface area contributed by atoms with Crippen LogP contribution in [0.3, 0.4) is 0 Å². The Kier molecular flexibility index (Phi) is 8.07. The second-order valence-corrected chi connectivity index (χ2v) is 6.70. The molecular formula is C21H29FN4O. The minimum atomic E-state index is -0.271. The summed E-state index contributed by atoms with van der Waals surface area (Å²) in [5, 5.41) is 6.60. The van der Waals surface area contributed by atoms with Crippen LogP contribution >= 0.6 is 0 Å². The van der Waals surface area contributed by atoms with E-state index in [0.717, 1.165) is 6.54 Å². The van der Waals surface area contributed by atoms with E-state index in [-0.39, 0.29) is 11.9 Å². The maximum absolute atomic E-state index is 13.0. The lowest BCUT2D eigenvalue weighted by atomic mass is 10.1. The van der Waals surface area contributed by atoms with Crippen molar-refractivity contribution < 1.29 is 9.13 Å². The number of benzene rings is 2. The topological polar surface area (TPSA) is 48.9 Å². The van der Waals surface area contributed by atoms with E-state index >= 15 is 0 Å². The van der Waals surface area contributed by atoms with Gasteiger partial charge >= 0.3 is 0 Å². The van der Waals surface area contributed by atoms with Gasteiger partial charge in [0, 0.05) is 20.1 Å². The summed E-state index contributed by atoms with van der Waals surface area (Å²) in [5.41, 5.74) is 2.53. The van der Waals surface area contributed by atoms with Crippen LogP contribution in [0.15, 0.2) is 53.5 Å². The number of nitrogens with zero attached hydrogens (tertiary/aromatic N) is 2. The number of ether oxygens (including phenoxy) is 1. The van der Waals surface area contributed by atoms with Crippen molar-refractivity contribution in [1.82, 2.24) is 15.5 Å². The summed E-state index contributed by atoms with van der Waals surface area (Å²) in [6.45, 7) is 4.12. The zero-order chi connectivity index (χ0) is 19.6. The van der Waals surface area contributed by atoms with Crippen LogP contribution in [0, 0.1) is 5.82 Å². The molecule has 0 aliphatic carbocycles. The van der Waals surface area contributed by atoms with Gasteiger partial charge in [0.05, 0.1) is 6.54 Å². The molecule has 0 fully saturated rings. The molecule has 146 valence electrons. The summed E-state index contributed by atoms with van der Waals surface area (Å²) < 4.78 is 18.7. The fourth-order valence-corrected chi connectivity index (χ4v) is 2.65. The van der Waals surface area contributed by atoms with E-state index in [1.54, 1.807) is 19.2 Å². The predicted molar refractivity (Wildman–Crippen MR) is 109 cm³/mol. The van der Waals surface area contributed by atoms with E-state index in [1.807, 2.05) is 13.0 Å². The van der Waals surface area contributed by atoms with Gasteiger partial charge in [-0.1, -0.05) is 24.3 Å². The first-order valence-electron chi connectivity index (χ1n) is 9.06. The van der Waals surface area contributed by atoms with Crippen LogP contribution in [0.4, 0.5) is 4.39 Å². The standard InChI is InChI=1S/C21H29FN4O/c1-16(27-20-11-9-19(22)10-12-20)13-24-21(23-2)25-14-17-7-5-6-8-18(17)15-26(3)4/h5-12,16H,13-15H2,1-4H3,(H2,23,24,25). The Bertz CT molecular complexity index is 731. The number of rotatable bonds is 8. The molecule has 2 N–H and O–H groups in total. The molecule has 1 unspecified atom stereocenters. The molecule has 0 radical (unpaired) electrons. The average molecular weight is 372 g/mol. The van der Waals surface area contributed by atoms with Crippen LogP contribution < -0.4 is 15.4 Å². The minimum Gasteiger partial charge on any atom is -0.489 e. The third-order valence-electron chi connectivity index (χ3n) is 3.98. The molecule has 0 spiro atoms. The predicted octanol–water partition coefficient (Wildman–Crippen LogP) is 3.02. The molecule has 0 bridgehead atoms. The third-order valence-corrected chi connectivity index (χ3v) is 3.98. The van der Waals surface area contributed by atoms with E-state index in [9.17, 15) is 4.39 Å². The summed E-state index contributed by atoms with van der Waals surface area (Å²) in [6, 6.07) is 14.4. The highest BCUT2D eigenvalue weighted by Gasteiger charge is 2.07. The average Bonchev–Trinajstić information content (AvgIpc) is 2.64. The van der Waals surface area contributed by atoms with Crippen molar-refractivity contribution in [3.8, 4) is 5.75 Å². The first kappa shape index (κ1) is 20.7. The van der Waals surface area contributed by atoms with Gasteiger partial charge in [-0.05, 0) is 56.4 Å². The van der Waals surface area contributed by atoms with Crippen LogP contribution in [0.5, 0.6) is 5.75 Å². The van der Waals surface area contributed by atoms with Gasteiger partial charge in [-0.2, -0.15) is 0 Å². The Balaban J connectivity index is 1.83. The van der Waals surface area contributed by atoms with Gasteiger partial charge in [0.25, 0.3) is 0 Å². The molecular weight excluding hydrogens is 343 g/mol. The van der Waals surface area contributed by atoms with E-state index in [0.29, 0.717) is 24.8 Å². The molecule has 0 aromatic heterocycles. The quantitative estimate of drug-likeness (QED) is 0.552. The van der Waals surface area contributed by atoms with Crippen LogP contribution in [-0.2, 0) is 13.1 Å². The molecule has 6 heteroatoms. The van der Waals surface area contributed by atoms with Crippen molar-refractivity contribution in [3.63, 3.8) is 0 Å². The van der Waals surface area contributed by atoms with Crippen molar-refractivity contribution in [2.24, 2.45) is 4.99 Å². The molecule has 0 aliphatic rings. The molecule has 2 aromatic rings. The Morgan fingerprint density at radius 2 is 1.74 bits per heavy atom. The molecule has 0 heterocycles. The molecule has 0 saturated carbocycles. The Hall–Kier alpha value is -2.60. The lowest BCUT2D eigenvalue weighted by Gasteiger charge is -2.19. The maximum Gasteiger partial charge on any atom is 0.191 e. The lowest BCUT2D eigenvalue weighted by Crippen LogP contribution is -2.41. The molecule has 2 rings (SSSR count). The van der Waals surface area contributed by atoms with Crippen molar-refractivity contribution in [3.05, 3.63) is 65.5 Å². The number of aliphatic imine (C=N–C) groups is 1. The molecule has 27 heavy (non-hydrogen) atoms. The van der Waals surface area contributed by atoms with Gasteiger partial charge in [-0.15, -0.1) is 0 Å². The molecule has 1 atom stereocenters. The summed E-state index contributed by atoms with van der Waals surface area (Å²) in [7, 11) is 5.87. The highest BCUT2D eigenvalue weighted by molar-refractivity contribution is 5.79. The Labute approximate surface area is 161 Å². The van der Waals surface area contributed by atoms with Gasteiger partial charge in [0.2, 0.25) is 0 Å². The van der Waals surface area contributed by atoms with Crippen LogP contribution in [-0.4, -0.2) is 44.7 Å². The molecule has 0 aliphatic heterocycles. The Morgan fingerprint density at radius 1 is 1.07 bits per heavy atom. The van der Waals surface area contributed by atoms with Crippen molar-refractivity contribution in [2.75, 3.05) is 27.7 Å². The van der Waals surface area contributed by atoms with Crippen molar-refractivity contribution in [1.29, 1.82) is 0 Å². The highest BCUT2D eigenvalue weighted by atomic mass is 19.1. The summed E-state index contributed by atoms with van der Waals surface area (Å²) >= 11 is 0. The van der Waals surface area contributed by atoms with E-state index < -0.39 is 0 Å². The summed E-state index contributed by atoms with van der Waals surface area (Å²) in [5.74, 6) is 1.09. The van der Waals surface area contributed by atoms with Crippen molar-refractivity contribution >= 4 is 5.96 Å². The Morgan fingerprint density at radius 3 is 2.37 bits per heavy atom. The second-order valence-electron chi connectivity index (χ2n) is 6.70. The molecule has 2 aromatic carbocycles. The number of hydrogen-bond acceptors (Lipinski definition) is 3. The smallest absolute Gasteiger partial charge is 0.191 e. The number of hydrogen-bond donors (Lipinski definition) is 2. The van der Waals surface area contributed by atoms with Crippen molar-refractivity contribution in [2.45, 2.75) is 26.1 Å². The zero-order valence-electron chi connectivity index (χ0n) is 16.5. The third kappa shape index (κ3) is 7.27. The zero-order valence-corrected chi connectivity index (χ0v) is 16.5. The monoisotopic (exact) mass is 372 g/mol. The fourth-order valence-electron chi connectivity index (χ4n) is 2.65. The SMILES string of the molecule is CN=C(NCc1ccccc1CN(C)C)NCC(C)Oc1ccc(F)cc1. The van der Waals surface area contributed by atoms with E-state index in [2.05, 4.69) is 52.8 Å². The van der Waals surface area contributed by atoms with Crippen LogP contribution in [0.1, 0.15) is 18.1 Å². The van der Waals surface area contributed by atoms with Gasteiger partial charge in [0.1, 0.15) is 17.7 Å². The fraction of sp³-hybridized carbons (Fsp3) is 0.381. The molecule has 0 amide bonds. The van der Waals surface area contributed by atoms with E-state index in [1.165, 1.54) is 23.3 Å².